The molecule has 0 aromatic carbocycles. The van der Waals surface area contributed by atoms with E-state index in [0.717, 1.165) is 25.7 Å². The van der Waals surface area contributed by atoms with E-state index in [1.807, 2.05) is 0 Å². The molecule has 0 atom stereocenters. The lowest BCUT2D eigenvalue weighted by Gasteiger charge is -2.04. The Bertz CT molecular complexity index is 469. The van der Waals surface area contributed by atoms with Crippen molar-refractivity contribution in [3.05, 3.63) is 16.5 Å². The zero-order valence-electron chi connectivity index (χ0n) is 10.3. The van der Waals surface area contributed by atoms with Gasteiger partial charge in [-0.1, -0.05) is 26.2 Å². The van der Waals surface area contributed by atoms with Crippen molar-refractivity contribution in [2.45, 2.75) is 44.1 Å². The molecule has 18 heavy (non-hydrogen) atoms. The Balaban J connectivity index is 2.60. The second-order valence-corrected chi connectivity index (χ2v) is 6.42. The van der Waals surface area contributed by atoms with E-state index in [-0.39, 0.29) is 21.9 Å². The normalized spacial score (nSPS) is 11.9. The van der Waals surface area contributed by atoms with E-state index < -0.39 is 10.0 Å². The van der Waals surface area contributed by atoms with Crippen LogP contribution in [-0.4, -0.2) is 20.1 Å². The van der Waals surface area contributed by atoms with E-state index >= 15 is 0 Å². The number of hydrogen-bond acceptors (Lipinski definition) is 4. The molecule has 0 bridgehead atoms. The molecule has 0 radical (unpaired) electrons. The van der Waals surface area contributed by atoms with E-state index in [4.69, 9.17) is 9.52 Å². The van der Waals surface area contributed by atoms with Crippen LogP contribution in [0.4, 0.5) is 0 Å². The molecule has 0 aliphatic carbocycles. The van der Waals surface area contributed by atoms with Crippen LogP contribution < -0.4 is 4.72 Å². The fourth-order valence-electron chi connectivity index (χ4n) is 1.50. The van der Waals surface area contributed by atoms with Crippen LogP contribution in [-0.2, 0) is 16.6 Å². The van der Waals surface area contributed by atoms with Gasteiger partial charge in [0.15, 0.2) is 4.67 Å². The molecule has 7 heteroatoms. The maximum Gasteiger partial charge on any atom is 0.244 e. The Labute approximate surface area is 116 Å². The Morgan fingerprint density at radius 1 is 1.39 bits per heavy atom. The summed E-state index contributed by atoms with van der Waals surface area (Å²) in [7, 11) is -3.57. The molecule has 1 aromatic rings. The summed E-state index contributed by atoms with van der Waals surface area (Å²) in [6, 6.07) is 1.32. The summed E-state index contributed by atoms with van der Waals surface area (Å²) < 4.78 is 31.5. The lowest BCUT2D eigenvalue weighted by Crippen LogP contribution is -2.24. The highest BCUT2D eigenvalue weighted by atomic mass is 79.9. The van der Waals surface area contributed by atoms with Gasteiger partial charge in [0.1, 0.15) is 17.3 Å². The van der Waals surface area contributed by atoms with Crippen LogP contribution in [0.2, 0.25) is 0 Å². The number of sulfonamides is 1. The van der Waals surface area contributed by atoms with E-state index in [9.17, 15) is 8.42 Å². The van der Waals surface area contributed by atoms with Gasteiger partial charge in [0, 0.05) is 12.6 Å². The quantitative estimate of drug-likeness (QED) is 0.712. The number of nitrogens with one attached hydrogen (secondary N) is 1. The van der Waals surface area contributed by atoms with Crippen molar-refractivity contribution in [1.29, 1.82) is 0 Å². The number of rotatable bonds is 8. The van der Waals surface area contributed by atoms with Gasteiger partial charge in [0.25, 0.3) is 0 Å². The van der Waals surface area contributed by atoms with Crippen LogP contribution in [0.15, 0.2) is 20.0 Å². The van der Waals surface area contributed by atoms with Gasteiger partial charge in [-0.3, -0.25) is 0 Å². The minimum Gasteiger partial charge on any atom is -0.450 e. The third kappa shape index (κ3) is 4.38. The molecule has 0 aliphatic rings. The highest BCUT2D eigenvalue weighted by Crippen LogP contribution is 2.25. The maximum atomic E-state index is 11.9. The molecule has 1 aromatic heterocycles. The smallest absolute Gasteiger partial charge is 0.244 e. The second-order valence-electron chi connectivity index (χ2n) is 3.97. The molecular weight excluding hydrogens is 322 g/mol. The molecule has 0 fully saturated rings. The van der Waals surface area contributed by atoms with Crippen LogP contribution >= 0.6 is 15.9 Å². The first kappa shape index (κ1) is 15.7. The van der Waals surface area contributed by atoms with Crippen molar-refractivity contribution in [2.75, 3.05) is 6.54 Å². The summed E-state index contributed by atoms with van der Waals surface area (Å²) in [5.74, 6) is 0.216. The minimum absolute atomic E-state index is 0.0297. The first-order chi connectivity index (χ1) is 8.51. The fraction of sp³-hybridized carbons (Fsp3) is 0.636. The van der Waals surface area contributed by atoms with Crippen LogP contribution in [0.3, 0.4) is 0 Å². The summed E-state index contributed by atoms with van der Waals surface area (Å²) >= 11 is 3.03. The van der Waals surface area contributed by atoms with E-state index in [1.165, 1.54) is 6.07 Å². The molecule has 0 spiro atoms. The van der Waals surface area contributed by atoms with E-state index in [1.54, 1.807) is 0 Å². The standard InChI is InChI=1S/C11H18BrNO4S/c1-2-3-4-5-6-13-18(15,16)10-7-9(8-14)17-11(10)12/h7,13-14H,2-6,8H2,1H3. The van der Waals surface area contributed by atoms with Gasteiger partial charge in [0.2, 0.25) is 10.0 Å². The average molecular weight is 340 g/mol. The number of unbranched alkanes of at least 4 members (excludes halogenated alkanes) is 3. The summed E-state index contributed by atoms with van der Waals surface area (Å²) in [6.45, 7) is 2.18. The Morgan fingerprint density at radius 3 is 2.67 bits per heavy atom. The first-order valence-electron chi connectivity index (χ1n) is 5.90. The van der Waals surface area contributed by atoms with Crippen LogP contribution in [0, 0.1) is 0 Å². The predicted octanol–water partition coefficient (Wildman–Crippen LogP) is 2.39. The largest absolute Gasteiger partial charge is 0.450 e. The zero-order valence-corrected chi connectivity index (χ0v) is 12.7. The monoisotopic (exact) mass is 339 g/mol. The van der Waals surface area contributed by atoms with Gasteiger partial charge in [-0.15, -0.1) is 0 Å². The Kier molecular flexibility index (Phi) is 6.34. The number of aliphatic hydroxyl groups excluding tert-OH is 1. The molecule has 1 heterocycles. The number of hydrogen-bond donors (Lipinski definition) is 2. The third-order valence-electron chi connectivity index (χ3n) is 2.47. The fourth-order valence-corrected chi connectivity index (χ4v) is 3.56. The summed E-state index contributed by atoms with van der Waals surface area (Å²) in [4.78, 5) is 0.0297. The Hall–Kier alpha value is -0.370. The average Bonchev–Trinajstić information content (AvgIpc) is 2.71. The molecule has 0 amide bonds. The molecule has 0 saturated carbocycles. The summed E-state index contributed by atoms with van der Waals surface area (Å²) in [5.41, 5.74) is 0. The third-order valence-corrected chi connectivity index (χ3v) is 4.79. The number of halogens is 1. The van der Waals surface area contributed by atoms with Crippen molar-refractivity contribution < 1.29 is 17.9 Å². The van der Waals surface area contributed by atoms with Gasteiger partial charge in [-0.2, -0.15) is 0 Å². The van der Waals surface area contributed by atoms with E-state index in [0.29, 0.717) is 6.54 Å². The van der Waals surface area contributed by atoms with Crippen molar-refractivity contribution in [3.63, 3.8) is 0 Å². The van der Waals surface area contributed by atoms with Gasteiger partial charge in [-0.05, 0) is 22.4 Å². The maximum absolute atomic E-state index is 11.9. The van der Waals surface area contributed by atoms with Gasteiger partial charge in [-0.25, -0.2) is 13.1 Å². The highest BCUT2D eigenvalue weighted by molar-refractivity contribution is 9.10. The van der Waals surface area contributed by atoms with Gasteiger partial charge >= 0.3 is 0 Å². The Morgan fingerprint density at radius 2 is 2.11 bits per heavy atom. The molecule has 0 saturated heterocycles. The van der Waals surface area contributed by atoms with Crippen LogP contribution in [0.25, 0.3) is 0 Å². The number of furan rings is 1. The topological polar surface area (TPSA) is 79.5 Å². The van der Waals surface area contributed by atoms with Crippen molar-refractivity contribution in [3.8, 4) is 0 Å². The minimum atomic E-state index is -3.57. The SMILES string of the molecule is CCCCCCNS(=O)(=O)c1cc(CO)oc1Br. The summed E-state index contributed by atoms with van der Waals surface area (Å²) in [6.07, 6.45) is 4.04. The zero-order chi connectivity index (χ0) is 13.6. The lowest BCUT2D eigenvalue weighted by molar-refractivity contribution is 0.245. The highest BCUT2D eigenvalue weighted by Gasteiger charge is 2.21. The van der Waals surface area contributed by atoms with Crippen molar-refractivity contribution in [1.82, 2.24) is 4.72 Å². The molecular formula is C11H18BrNO4S. The van der Waals surface area contributed by atoms with Crippen LogP contribution in [0.5, 0.6) is 0 Å². The molecule has 0 aliphatic heterocycles. The molecule has 104 valence electrons. The molecule has 2 N–H and O–H groups in total. The van der Waals surface area contributed by atoms with E-state index in [2.05, 4.69) is 27.6 Å². The van der Waals surface area contributed by atoms with Gasteiger partial charge < -0.3 is 9.52 Å². The van der Waals surface area contributed by atoms with Crippen LogP contribution in [0.1, 0.15) is 38.4 Å². The lowest BCUT2D eigenvalue weighted by atomic mass is 10.2. The summed E-state index contributed by atoms with van der Waals surface area (Å²) in [5, 5.41) is 8.88. The predicted molar refractivity (Wildman–Crippen MR) is 71.7 cm³/mol. The molecule has 1 rings (SSSR count). The molecule has 0 unspecified atom stereocenters. The molecule has 5 nitrogen and oxygen atoms in total. The number of aliphatic hydroxyl groups is 1. The first-order valence-corrected chi connectivity index (χ1v) is 8.17. The van der Waals surface area contributed by atoms with Crippen molar-refractivity contribution >= 4 is 26.0 Å². The second kappa shape index (κ2) is 7.28. The van der Waals surface area contributed by atoms with Gasteiger partial charge in [0.05, 0.1) is 0 Å². The van der Waals surface area contributed by atoms with Crippen molar-refractivity contribution in [2.24, 2.45) is 0 Å².